The fourth-order valence-corrected chi connectivity index (χ4v) is 2.66. The highest BCUT2D eigenvalue weighted by Crippen LogP contribution is 2.20. The minimum Gasteiger partial charge on any atom is -0.461 e. The highest BCUT2D eigenvalue weighted by atomic mass is 79.9. The van der Waals surface area contributed by atoms with Crippen molar-refractivity contribution in [2.45, 2.75) is 20.8 Å². The first kappa shape index (κ1) is 19.7. The van der Waals surface area contributed by atoms with Crippen LogP contribution in [0, 0.1) is 13.8 Å². The zero-order chi connectivity index (χ0) is 19.3. The molecular weight excluding hydrogens is 404 g/mol. The third-order valence-corrected chi connectivity index (χ3v) is 4.11. The molecule has 138 valence electrons. The molecule has 0 radical (unpaired) electrons. The Hall–Kier alpha value is -2.61. The van der Waals surface area contributed by atoms with Crippen molar-refractivity contribution in [3.8, 4) is 0 Å². The van der Waals surface area contributed by atoms with Gasteiger partial charge >= 0.3 is 11.9 Å². The predicted molar refractivity (Wildman–Crippen MR) is 99.3 cm³/mol. The second-order valence-corrected chi connectivity index (χ2v) is 6.39. The molecule has 0 aliphatic heterocycles. The molecule has 0 saturated heterocycles. The van der Waals surface area contributed by atoms with E-state index < -0.39 is 24.5 Å². The molecule has 0 bridgehead atoms. The van der Waals surface area contributed by atoms with Crippen molar-refractivity contribution in [2.24, 2.45) is 0 Å². The lowest BCUT2D eigenvalue weighted by Gasteiger charge is -2.07. The molecule has 1 heterocycles. The summed E-state index contributed by atoms with van der Waals surface area (Å²) in [5, 5.41) is 2.63. The molecule has 0 aliphatic carbocycles. The van der Waals surface area contributed by atoms with Gasteiger partial charge in [0.1, 0.15) is 5.69 Å². The molecule has 1 aromatic heterocycles. The Morgan fingerprint density at radius 3 is 2.35 bits per heavy atom. The second kappa shape index (κ2) is 8.66. The normalized spacial score (nSPS) is 10.3. The number of anilines is 1. The zero-order valence-corrected chi connectivity index (χ0v) is 16.2. The molecule has 2 N–H and O–H groups in total. The van der Waals surface area contributed by atoms with E-state index in [4.69, 9.17) is 9.47 Å². The highest BCUT2D eigenvalue weighted by molar-refractivity contribution is 9.10. The third kappa shape index (κ3) is 4.72. The van der Waals surface area contributed by atoms with Gasteiger partial charge in [-0.25, -0.2) is 9.59 Å². The van der Waals surface area contributed by atoms with Crippen LogP contribution in [0.3, 0.4) is 0 Å². The maximum absolute atomic E-state index is 12.3. The number of carbonyl (C=O) groups is 3. The van der Waals surface area contributed by atoms with Gasteiger partial charge in [0, 0.05) is 15.9 Å². The van der Waals surface area contributed by atoms with E-state index in [2.05, 4.69) is 26.2 Å². The lowest BCUT2D eigenvalue weighted by Crippen LogP contribution is -2.21. The monoisotopic (exact) mass is 422 g/mol. The number of halogens is 1. The van der Waals surface area contributed by atoms with Gasteiger partial charge in [0.2, 0.25) is 0 Å². The second-order valence-electron chi connectivity index (χ2n) is 5.48. The van der Waals surface area contributed by atoms with Crippen molar-refractivity contribution in [1.29, 1.82) is 0 Å². The van der Waals surface area contributed by atoms with Crippen LogP contribution in [0.4, 0.5) is 5.69 Å². The van der Waals surface area contributed by atoms with Crippen LogP contribution in [0.25, 0.3) is 0 Å². The quantitative estimate of drug-likeness (QED) is 0.695. The average molecular weight is 423 g/mol. The summed E-state index contributed by atoms with van der Waals surface area (Å²) in [5.41, 5.74) is 1.93. The van der Waals surface area contributed by atoms with E-state index in [0.717, 1.165) is 4.47 Å². The number of aromatic nitrogens is 1. The number of amides is 1. The Bertz CT molecular complexity index is 827. The number of aromatic amines is 1. The van der Waals surface area contributed by atoms with Crippen molar-refractivity contribution < 1.29 is 23.9 Å². The summed E-state index contributed by atoms with van der Waals surface area (Å²) in [7, 11) is 0. The van der Waals surface area contributed by atoms with E-state index in [0.29, 0.717) is 16.9 Å². The number of hydrogen-bond donors (Lipinski definition) is 2. The van der Waals surface area contributed by atoms with Gasteiger partial charge in [-0.2, -0.15) is 0 Å². The Balaban J connectivity index is 2.00. The molecule has 2 rings (SSSR count). The summed E-state index contributed by atoms with van der Waals surface area (Å²) < 4.78 is 10.9. The van der Waals surface area contributed by atoms with Crippen LogP contribution in [0.2, 0.25) is 0 Å². The number of rotatable bonds is 6. The van der Waals surface area contributed by atoms with Crippen molar-refractivity contribution in [1.82, 2.24) is 4.98 Å². The SMILES string of the molecule is CCOC(=O)c1[nH]c(C)c(C(=O)OCC(=O)Nc2ccc(Br)cc2)c1C. The van der Waals surface area contributed by atoms with Crippen LogP contribution in [-0.2, 0) is 14.3 Å². The Morgan fingerprint density at radius 1 is 1.08 bits per heavy atom. The molecule has 8 heteroatoms. The number of carbonyl (C=O) groups excluding carboxylic acids is 3. The summed E-state index contributed by atoms with van der Waals surface area (Å²) in [5.74, 6) is -1.69. The molecule has 7 nitrogen and oxygen atoms in total. The molecule has 0 saturated carbocycles. The van der Waals surface area contributed by atoms with Gasteiger partial charge in [0.15, 0.2) is 6.61 Å². The largest absolute Gasteiger partial charge is 0.461 e. The van der Waals surface area contributed by atoms with Crippen LogP contribution < -0.4 is 5.32 Å². The standard InChI is InChI=1S/C18H19BrN2O5/c1-4-25-18(24)16-10(2)15(11(3)20-16)17(23)26-9-14(22)21-13-7-5-12(19)6-8-13/h5-8,20H,4,9H2,1-3H3,(H,21,22). The number of hydrogen-bond acceptors (Lipinski definition) is 5. The number of nitrogens with one attached hydrogen (secondary N) is 2. The number of aryl methyl sites for hydroxylation is 1. The molecule has 0 unspecified atom stereocenters. The van der Waals surface area contributed by atoms with Gasteiger partial charge < -0.3 is 19.8 Å². The minimum atomic E-state index is -0.683. The minimum absolute atomic E-state index is 0.204. The van der Waals surface area contributed by atoms with Gasteiger partial charge in [-0.1, -0.05) is 15.9 Å². The van der Waals surface area contributed by atoms with E-state index >= 15 is 0 Å². The zero-order valence-electron chi connectivity index (χ0n) is 14.6. The summed E-state index contributed by atoms with van der Waals surface area (Å²) in [6, 6.07) is 7.00. The summed E-state index contributed by atoms with van der Waals surface area (Å²) in [6.07, 6.45) is 0. The number of ether oxygens (including phenoxy) is 2. The maximum atomic E-state index is 12.3. The summed E-state index contributed by atoms with van der Waals surface area (Å²) in [4.78, 5) is 38.9. The van der Waals surface area contributed by atoms with E-state index in [1.807, 2.05) is 0 Å². The third-order valence-electron chi connectivity index (χ3n) is 3.58. The molecule has 2 aromatic rings. The van der Waals surface area contributed by atoms with Crippen molar-refractivity contribution in [3.63, 3.8) is 0 Å². The molecule has 26 heavy (non-hydrogen) atoms. The number of benzene rings is 1. The Kier molecular flexibility index (Phi) is 6.57. The van der Waals surface area contributed by atoms with Crippen molar-refractivity contribution >= 4 is 39.5 Å². The Morgan fingerprint density at radius 2 is 1.73 bits per heavy atom. The first-order valence-corrected chi connectivity index (χ1v) is 8.71. The van der Waals surface area contributed by atoms with Crippen molar-refractivity contribution in [2.75, 3.05) is 18.5 Å². The highest BCUT2D eigenvalue weighted by Gasteiger charge is 2.24. The Labute approximate surface area is 159 Å². The molecule has 1 amide bonds. The summed E-state index contributed by atoms with van der Waals surface area (Å²) >= 11 is 3.30. The smallest absolute Gasteiger partial charge is 0.355 e. The molecule has 1 aromatic carbocycles. The van der Waals surface area contributed by atoms with Gasteiger partial charge in [0.05, 0.1) is 12.2 Å². The molecule has 0 spiro atoms. The van der Waals surface area contributed by atoms with Crippen LogP contribution in [0.5, 0.6) is 0 Å². The number of H-pyrrole nitrogens is 1. The molecule has 0 atom stereocenters. The molecule has 0 fully saturated rings. The van der Waals surface area contributed by atoms with E-state index in [-0.39, 0.29) is 17.9 Å². The first-order valence-electron chi connectivity index (χ1n) is 7.92. The van der Waals surface area contributed by atoms with Crippen LogP contribution in [-0.4, -0.2) is 36.0 Å². The molecular formula is C18H19BrN2O5. The first-order chi connectivity index (χ1) is 12.3. The fraction of sp³-hybridized carbons (Fsp3) is 0.278. The average Bonchev–Trinajstić information content (AvgIpc) is 2.90. The van der Waals surface area contributed by atoms with Gasteiger partial charge in [0.25, 0.3) is 5.91 Å². The fourth-order valence-electron chi connectivity index (χ4n) is 2.40. The van der Waals surface area contributed by atoms with Crippen molar-refractivity contribution in [3.05, 3.63) is 51.3 Å². The lowest BCUT2D eigenvalue weighted by atomic mass is 10.1. The lowest BCUT2D eigenvalue weighted by molar-refractivity contribution is -0.119. The topological polar surface area (TPSA) is 97.5 Å². The predicted octanol–water partition coefficient (Wildman–Crippen LogP) is 3.37. The van der Waals surface area contributed by atoms with Crippen LogP contribution in [0.15, 0.2) is 28.7 Å². The van der Waals surface area contributed by atoms with E-state index in [1.165, 1.54) is 0 Å². The van der Waals surface area contributed by atoms with Gasteiger partial charge in [-0.15, -0.1) is 0 Å². The van der Waals surface area contributed by atoms with Gasteiger partial charge in [-0.05, 0) is 50.6 Å². The van der Waals surface area contributed by atoms with Crippen LogP contribution >= 0.6 is 15.9 Å². The molecule has 0 aliphatic rings. The van der Waals surface area contributed by atoms with E-state index in [1.54, 1.807) is 45.0 Å². The summed E-state index contributed by atoms with van der Waals surface area (Å²) in [6.45, 7) is 4.75. The van der Waals surface area contributed by atoms with Gasteiger partial charge in [-0.3, -0.25) is 4.79 Å². The van der Waals surface area contributed by atoms with Crippen LogP contribution in [0.1, 0.15) is 39.0 Å². The maximum Gasteiger partial charge on any atom is 0.355 e. The van der Waals surface area contributed by atoms with E-state index in [9.17, 15) is 14.4 Å². The number of esters is 2.